The molecule has 7 nitrogen and oxygen atoms in total. The van der Waals surface area contributed by atoms with Crippen LogP contribution in [0.15, 0.2) is 60.7 Å². The lowest BCUT2D eigenvalue weighted by molar-refractivity contribution is -0.120. The van der Waals surface area contributed by atoms with Crippen molar-refractivity contribution in [3.8, 4) is 18.2 Å². The Balaban J connectivity index is 1.60. The molecule has 0 aliphatic carbocycles. The van der Waals surface area contributed by atoms with Gasteiger partial charge >= 0.3 is 0 Å². The number of ether oxygens (including phenoxy) is 1. The minimum Gasteiger partial charge on any atom is -0.489 e. The van der Waals surface area contributed by atoms with Crippen molar-refractivity contribution in [2.45, 2.75) is 13.0 Å². The topological polar surface area (TPSA) is 76.5 Å². The average molecular weight is 444 g/mol. The first-order valence-electron chi connectivity index (χ1n) is 10.2. The van der Waals surface area contributed by atoms with Gasteiger partial charge in [0, 0.05) is 24.2 Å². The van der Waals surface area contributed by atoms with E-state index in [1.165, 1.54) is 21.7 Å². The number of benzene rings is 2. The molecule has 8 heteroatoms. The molecule has 0 saturated heterocycles. The summed E-state index contributed by atoms with van der Waals surface area (Å²) in [6, 6.07) is 16.3. The lowest BCUT2D eigenvalue weighted by atomic mass is 10.0. The number of rotatable bonds is 4. The first-order valence-corrected chi connectivity index (χ1v) is 10.2. The second-order valence-electron chi connectivity index (χ2n) is 7.34. The predicted molar refractivity (Wildman–Crippen MR) is 122 cm³/mol. The van der Waals surface area contributed by atoms with Crippen LogP contribution in [-0.2, 0) is 4.79 Å². The molecule has 33 heavy (non-hydrogen) atoms. The third kappa shape index (κ3) is 4.08. The summed E-state index contributed by atoms with van der Waals surface area (Å²) in [4.78, 5) is 27.3. The second kappa shape index (κ2) is 9.01. The summed E-state index contributed by atoms with van der Waals surface area (Å²) in [5.74, 6) is -0.808. The van der Waals surface area contributed by atoms with Gasteiger partial charge in [0.25, 0.3) is 11.8 Å². The lowest BCUT2D eigenvalue weighted by Crippen LogP contribution is -2.49. The molecular formula is C25H21FN4O3. The van der Waals surface area contributed by atoms with Crippen molar-refractivity contribution in [2.75, 3.05) is 18.6 Å². The molecule has 2 heterocycles. The van der Waals surface area contributed by atoms with E-state index in [0.717, 1.165) is 0 Å². The summed E-state index contributed by atoms with van der Waals surface area (Å²) in [5.41, 5.74) is 1.80. The number of hydrogen-bond acceptors (Lipinski definition) is 4. The van der Waals surface area contributed by atoms with Crippen LogP contribution in [0.3, 0.4) is 0 Å². The summed E-state index contributed by atoms with van der Waals surface area (Å²) in [7, 11) is 1.62. The molecule has 2 aromatic carbocycles. The molecular weight excluding hydrogens is 423 g/mol. The number of carbonyl (C=O) groups is 2. The Morgan fingerprint density at radius 3 is 2.73 bits per heavy atom. The molecule has 1 atom stereocenters. The van der Waals surface area contributed by atoms with Gasteiger partial charge in [0.05, 0.1) is 11.4 Å². The smallest absolute Gasteiger partial charge is 0.272 e. The Kier molecular flexibility index (Phi) is 5.96. The summed E-state index contributed by atoms with van der Waals surface area (Å²) < 4.78 is 21.3. The molecule has 4 rings (SSSR count). The van der Waals surface area contributed by atoms with Crippen molar-refractivity contribution < 1.29 is 18.7 Å². The molecule has 166 valence electrons. The molecule has 1 N–H and O–H groups in total. The van der Waals surface area contributed by atoms with Crippen molar-refractivity contribution in [2.24, 2.45) is 0 Å². The summed E-state index contributed by atoms with van der Waals surface area (Å²) in [6.07, 6.45) is 7.28. The molecule has 0 radical (unpaired) electrons. The quantitative estimate of drug-likeness (QED) is 0.628. The Hall–Kier alpha value is -4.38. The Labute approximate surface area is 190 Å². The van der Waals surface area contributed by atoms with Gasteiger partial charge in [-0.05, 0) is 31.2 Å². The summed E-state index contributed by atoms with van der Waals surface area (Å²) in [5, 5.41) is 6.83. The largest absolute Gasteiger partial charge is 0.489 e. The molecule has 0 spiro atoms. The minimum atomic E-state index is -0.929. The van der Waals surface area contributed by atoms with Crippen molar-refractivity contribution in [3.05, 3.63) is 83.4 Å². The van der Waals surface area contributed by atoms with Gasteiger partial charge in [-0.3, -0.25) is 9.59 Å². The number of fused-ring (bicyclic) bond motifs is 1. The Morgan fingerprint density at radius 1 is 1.27 bits per heavy atom. The van der Waals surface area contributed by atoms with Crippen LogP contribution in [0, 0.1) is 18.3 Å². The predicted octanol–water partition coefficient (Wildman–Crippen LogP) is 3.07. The van der Waals surface area contributed by atoms with E-state index in [0.29, 0.717) is 28.3 Å². The number of carbonyl (C=O) groups excluding carboxylic acids is 2. The third-order valence-electron chi connectivity index (χ3n) is 5.36. The average Bonchev–Trinajstić information content (AvgIpc) is 3.22. The number of halogens is 1. The zero-order chi connectivity index (χ0) is 23.5. The zero-order valence-electron chi connectivity index (χ0n) is 18.1. The van der Waals surface area contributed by atoms with Crippen LogP contribution in [0.5, 0.6) is 5.75 Å². The zero-order valence-corrected chi connectivity index (χ0v) is 18.1. The van der Waals surface area contributed by atoms with E-state index in [1.54, 1.807) is 62.5 Å². The van der Waals surface area contributed by atoms with E-state index in [1.807, 2.05) is 0 Å². The number of nitrogens with zero attached hydrogens (tertiary/aromatic N) is 3. The van der Waals surface area contributed by atoms with Gasteiger partial charge in [0.1, 0.15) is 24.2 Å². The Bertz CT molecular complexity index is 1300. The maximum Gasteiger partial charge on any atom is 0.272 e. The normalized spacial score (nSPS) is 15.8. The molecule has 0 saturated carbocycles. The molecule has 1 aliphatic rings. The highest BCUT2D eigenvalue weighted by Gasteiger charge is 2.31. The lowest BCUT2D eigenvalue weighted by Gasteiger charge is -2.19. The number of amides is 2. The third-order valence-corrected chi connectivity index (χ3v) is 5.36. The highest BCUT2D eigenvalue weighted by molar-refractivity contribution is 6.03. The van der Waals surface area contributed by atoms with Gasteiger partial charge in [0.15, 0.2) is 5.69 Å². The number of allylic oxidation sites excluding steroid dienone is 1. The number of nitrogens with one attached hydrogen (secondary N) is 1. The van der Waals surface area contributed by atoms with Crippen molar-refractivity contribution in [1.82, 2.24) is 15.1 Å². The van der Waals surface area contributed by atoms with Crippen LogP contribution in [-0.4, -0.2) is 41.3 Å². The van der Waals surface area contributed by atoms with Crippen LogP contribution in [0.2, 0.25) is 0 Å². The van der Waals surface area contributed by atoms with Gasteiger partial charge in [0.2, 0.25) is 0 Å². The molecule has 1 aromatic heterocycles. The number of likely N-dealkylation sites (N-methyl/N-ethyl adjacent to an activating group) is 1. The van der Waals surface area contributed by atoms with Crippen molar-refractivity contribution in [3.63, 3.8) is 0 Å². The summed E-state index contributed by atoms with van der Waals surface area (Å²) >= 11 is 0. The van der Waals surface area contributed by atoms with Gasteiger partial charge in [-0.1, -0.05) is 42.8 Å². The van der Waals surface area contributed by atoms with Gasteiger partial charge in [-0.15, -0.1) is 0 Å². The van der Waals surface area contributed by atoms with E-state index < -0.39 is 17.8 Å². The van der Waals surface area contributed by atoms with E-state index >= 15 is 0 Å². The standard InChI is InChI=1S/C25H21FN4O3/c1-4-16(17-10-6-7-11-18(17)26)22-14-19(28-30(22)5-2)24(31)27-20-15-33-23-13-9-8-12-21(23)29(3)25(20)32/h2,4,6-14,20H,15H2,1,3H3,(H,27,31)/b16-4-/t20-/m0/s1. The monoisotopic (exact) mass is 444 g/mol. The van der Waals surface area contributed by atoms with Crippen LogP contribution in [0.4, 0.5) is 10.1 Å². The van der Waals surface area contributed by atoms with Crippen molar-refractivity contribution >= 4 is 23.1 Å². The fourth-order valence-corrected chi connectivity index (χ4v) is 3.69. The van der Waals surface area contributed by atoms with E-state index in [2.05, 4.69) is 16.5 Å². The van der Waals surface area contributed by atoms with Crippen molar-refractivity contribution in [1.29, 1.82) is 0 Å². The van der Waals surface area contributed by atoms with Gasteiger partial charge < -0.3 is 15.0 Å². The number of para-hydroxylation sites is 2. The maximum atomic E-state index is 14.4. The molecule has 2 amide bonds. The molecule has 3 aromatic rings. The first kappa shape index (κ1) is 21.8. The van der Waals surface area contributed by atoms with Crippen LogP contribution in [0.25, 0.3) is 5.57 Å². The highest BCUT2D eigenvalue weighted by atomic mass is 19.1. The molecule has 0 bridgehead atoms. The SMILES string of the molecule is C#Cn1nc(C(=O)N[C@H]2COc3ccccc3N(C)C2=O)cc1/C(=C\C)c1ccccc1F. The van der Waals surface area contributed by atoms with E-state index in [4.69, 9.17) is 11.2 Å². The fourth-order valence-electron chi connectivity index (χ4n) is 3.69. The van der Waals surface area contributed by atoms with Crippen LogP contribution < -0.4 is 15.0 Å². The second-order valence-corrected chi connectivity index (χ2v) is 7.34. The molecule has 1 aliphatic heterocycles. The Morgan fingerprint density at radius 2 is 2.00 bits per heavy atom. The van der Waals surface area contributed by atoms with Crippen LogP contribution in [0.1, 0.15) is 28.7 Å². The fraction of sp³-hybridized carbons (Fsp3) is 0.160. The number of terminal acetylenes is 1. The van der Waals surface area contributed by atoms with E-state index in [9.17, 15) is 14.0 Å². The molecule has 0 unspecified atom stereocenters. The number of anilines is 1. The first-order chi connectivity index (χ1) is 15.9. The molecule has 0 fully saturated rings. The summed E-state index contributed by atoms with van der Waals surface area (Å²) in [6.45, 7) is 1.70. The number of aromatic nitrogens is 2. The highest BCUT2D eigenvalue weighted by Crippen LogP contribution is 2.30. The van der Waals surface area contributed by atoms with Crippen LogP contribution >= 0.6 is 0 Å². The maximum absolute atomic E-state index is 14.4. The van der Waals surface area contributed by atoms with E-state index in [-0.39, 0.29) is 18.2 Å². The van der Waals surface area contributed by atoms with Gasteiger partial charge in [-0.25, -0.2) is 4.39 Å². The van der Waals surface area contributed by atoms with Gasteiger partial charge in [-0.2, -0.15) is 9.78 Å². The minimum absolute atomic E-state index is 0.00384. The number of hydrogen-bond donors (Lipinski definition) is 1.